The van der Waals surface area contributed by atoms with E-state index >= 15 is 0 Å². The average Bonchev–Trinajstić information content (AvgIpc) is 2.97. The molecule has 2 amide bonds. The minimum absolute atomic E-state index is 0.109. The molecule has 42 heavy (non-hydrogen) atoms. The van der Waals surface area contributed by atoms with E-state index in [4.69, 9.17) is 0 Å². The lowest BCUT2D eigenvalue weighted by atomic mass is 9.98. The van der Waals surface area contributed by atoms with Crippen LogP contribution in [-0.2, 0) is 16.0 Å². The molecule has 2 heterocycles. The van der Waals surface area contributed by atoms with Crippen molar-refractivity contribution in [2.75, 3.05) is 6.54 Å². The molecule has 1 aromatic rings. The van der Waals surface area contributed by atoms with Crippen molar-refractivity contribution in [2.45, 2.75) is 155 Å². The number of hydrogen-bond acceptors (Lipinski definition) is 5. The van der Waals surface area contributed by atoms with Gasteiger partial charge in [0.15, 0.2) is 5.88 Å². The molecular weight excluding hydrogens is 526 g/mol. The van der Waals surface area contributed by atoms with Gasteiger partial charge in [-0.2, -0.15) is 0 Å². The van der Waals surface area contributed by atoms with E-state index in [0.717, 1.165) is 38.5 Å². The van der Waals surface area contributed by atoms with Gasteiger partial charge in [0.05, 0.1) is 11.1 Å². The molecule has 2 rings (SSSR count). The summed E-state index contributed by atoms with van der Waals surface area (Å²) in [5.74, 6) is -1.31. The molecule has 0 unspecified atom stereocenters. The number of carbonyl (C=O) groups excluding carboxylic acids is 2. The predicted molar refractivity (Wildman–Crippen MR) is 174 cm³/mol. The highest BCUT2D eigenvalue weighted by molar-refractivity contribution is 6.53. The Balaban J connectivity index is 1.83. The Morgan fingerprint density at radius 1 is 0.643 bits per heavy atom. The molecule has 0 bridgehead atoms. The third-order valence-corrected chi connectivity index (χ3v) is 8.22. The first-order valence-corrected chi connectivity index (χ1v) is 17.0. The molecule has 3 N–H and O–H groups in total. The van der Waals surface area contributed by atoms with E-state index in [0.29, 0.717) is 18.5 Å². The number of aromatic hydroxyl groups is 1. The maximum Gasteiger partial charge on any atom is 0.276 e. The smallest absolute Gasteiger partial charge is 0.276 e. The van der Waals surface area contributed by atoms with E-state index in [1.807, 2.05) is 0 Å². The van der Waals surface area contributed by atoms with Crippen molar-refractivity contribution in [3.05, 3.63) is 33.6 Å². The van der Waals surface area contributed by atoms with E-state index in [9.17, 15) is 19.5 Å². The number of nitrogens with one attached hydrogen (secondary N) is 2. The van der Waals surface area contributed by atoms with Gasteiger partial charge < -0.3 is 5.11 Å². The van der Waals surface area contributed by atoms with Crippen LogP contribution in [0.25, 0.3) is 5.57 Å². The van der Waals surface area contributed by atoms with Gasteiger partial charge in [0, 0.05) is 12.1 Å². The van der Waals surface area contributed by atoms with Crippen LogP contribution in [0.3, 0.4) is 0 Å². The predicted octanol–water partition coefficient (Wildman–Crippen LogP) is 8.34. The first-order valence-electron chi connectivity index (χ1n) is 17.0. The zero-order chi connectivity index (χ0) is 30.4. The Morgan fingerprint density at radius 3 is 1.64 bits per heavy atom. The summed E-state index contributed by atoms with van der Waals surface area (Å²) in [4.78, 5) is 44.6. The molecule has 0 aliphatic carbocycles. The normalized spacial score (nSPS) is 14.4. The molecule has 7 nitrogen and oxygen atoms in total. The molecule has 0 saturated heterocycles. The fourth-order valence-electron chi connectivity index (χ4n) is 5.55. The van der Waals surface area contributed by atoms with Gasteiger partial charge in [-0.1, -0.05) is 136 Å². The average molecular weight is 584 g/mol. The first kappa shape index (κ1) is 35.5. The second-order valence-corrected chi connectivity index (χ2v) is 12.0. The van der Waals surface area contributed by atoms with Crippen molar-refractivity contribution in [1.29, 1.82) is 0 Å². The Hall–Kier alpha value is -2.70. The number of imide groups is 1. The van der Waals surface area contributed by atoms with Crippen LogP contribution in [0.1, 0.15) is 160 Å². The molecule has 7 heteroatoms. The minimum atomic E-state index is -0.616. The number of amides is 2. The number of rotatable bonds is 24. The highest BCUT2D eigenvalue weighted by Gasteiger charge is 2.27. The fraction of sp³-hybridized carbons (Fsp3) is 0.714. The lowest BCUT2D eigenvalue weighted by Crippen LogP contribution is -2.41. The van der Waals surface area contributed by atoms with Gasteiger partial charge in [-0.15, -0.1) is 0 Å². The maximum absolute atomic E-state index is 12.7. The van der Waals surface area contributed by atoms with Crippen LogP contribution >= 0.6 is 0 Å². The summed E-state index contributed by atoms with van der Waals surface area (Å²) < 4.78 is 0. The van der Waals surface area contributed by atoms with Gasteiger partial charge in [0.25, 0.3) is 17.4 Å². The van der Waals surface area contributed by atoms with E-state index in [2.05, 4.69) is 29.1 Å². The molecule has 0 atom stereocenters. The maximum atomic E-state index is 12.7. The second-order valence-electron chi connectivity index (χ2n) is 12.0. The lowest BCUT2D eigenvalue weighted by Gasteiger charge is -2.15. The Kier molecular flexibility index (Phi) is 18.5. The van der Waals surface area contributed by atoms with Crippen LogP contribution in [0, 0.1) is 0 Å². The molecule has 0 saturated carbocycles. The van der Waals surface area contributed by atoms with Crippen molar-refractivity contribution < 1.29 is 14.7 Å². The van der Waals surface area contributed by atoms with Gasteiger partial charge in [-0.3, -0.25) is 29.7 Å². The Labute approximate surface area is 254 Å². The highest BCUT2D eigenvalue weighted by atomic mass is 16.3. The van der Waals surface area contributed by atoms with Crippen LogP contribution < -0.4 is 10.9 Å². The summed E-state index contributed by atoms with van der Waals surface area (Å²) in [6.07, 6.45) is 27.8. The number of pyridine rings is 1. The molecule has 1 aromatic heterocycles. The largest absolute Gasteiger partial charge is 0.494 e. The number of nitrogens with zero attached hydrogens (tertiary/aromatic N) is 1. The molecule has 236 valence electrons. The standard InChI is InChI=1S/C35H57N3O4/c1-3-5-7-9-11-13-15-16-18-20-22-24-28-26-29(33(40)37-32(28)39)30-27-31(35(42)38-34(30)41)36-25-23-21-19-17-14-12-10-8-6-4-2/h26-27H,3-25H2,1-2H3,(H2,37,39,40)(H,38,41,42). The second kappa shape index (κ2) is 21.9. The summed E-state index contributed by atoms with van der Waals surface area (Å²) in [6.45, 7) is 4.98. The zero-order valence-corrected chi connectivity index (χ0v) is 26.5. The molecule has 0 aromatic carbocycles. The number of unbranched alkanes of at least 4 members (excludes halogenated alkanes) is 19. The Morgan fingerprint density at radius 2 is 1.12 bits per heavy atom. The van der Waals surface area contributed by atoms with Crippen molar-refractivity contribution in [3.8, 4) is 5.88 Å². The van der Waals surface area contributed by atoms with Crippen LogP contribution in [0.4, 0.5) is 0 Å². The van der Waals surface area contributed by atoms with Crippen molar-refractivity contribution >= 4 is 23.1 Å². The van der Waals surface area contributed by atoms with E-state index in [-0.39, 0.29) is 22.7 Å². The molecule has 0 spiro atoms. The third kappa shape index (κ3) is 14.0. The zero-order valence-electron chi connectivity index (χ0n) is 26.5. The summed E-state index contributed by atoms with van der Waals surface area (Å²) in [5.41, 5.74) is 0.482. The monoisotopic (exact) mass is 583 g/mol. The quantitative estimate of drug-likeness (QED) is 0.0839. The van der Waals surface area contributed by atoms with E-state index in [1.165, 1.54) is 102 Å². The minimum Gasteiger partial charge on any atom is -0.494 e. The van der Waals surface area contributed by atoms with Crippen LogP contribution in [0.2, 0.25) is 0 Å². The number of aryl methyl sites for hydroxylation is 1. The number of hydrogen-bond donors (Lipinski definition) is 3. The number of carbonyl (C=O) groups is 2. The molecular formula is C35H57N3O4. The first-order chi connectivity index (χ1) is 20.5. The van der Waals surface area contributed by atoms with E-state index in [1.54, 1.807) is 6.07 Å². The highest BCUT2D eigenvalue weighted by Crippen LogP contribution is 2.22. The van der Waals surface area contributed by atoms with Gasteiger partial charge in [-0.05, 0) is 31.4 Å². The van der Waals surface area contributed by atoms with E-state index < -0.39 is 17.4 Å². The van der Waals surface area contributed by atoms with Crippen molar-refractivity contribution in [3.63, 3.8) is 0 Å². The lowest BCUT2D eigenvalue weighted by molar-refractivity contribution is -0.123. The van der Waals surface area contributed by atoms with Gasteiger partial charge in [0.1, 0.15) is 5.71 Å². The number of aromatic nitrogens is 1. The number of aliphatic imine (C=N–C) groups is 1. The molecule has 0 fully saturated rings. The number of H-pyrrole nitrogens is 1. The molecule has 0 radical (unpaired) electrons. The summed E-state index contributed by atoms with van der Waals surface area (Å²) in [5, 5.41) is 12.7. The topological polar surface area (TPSA) is 112 Å². The fourth-order valence-corrected chi connectivity index (χ4v) is 5.55. The van der Waals surface area contributed by atoms with Crippen LogP contribution in [-0.4, -0.2) is 34.2 Å². The summed E-state index contributed by atoms with van der Waals surface area (Å²) in [7, 11) is 0. The molecule has 1 aliphatic rings. The molecule has 1 aliphatic heterocycles. The Bertz CT molecular complexity index is 1060. The summed E-state index contributed by atoms with van der Waals surface area (Å²) >= 11 is 0. The third-order valence-electron chi connectivity index (χ3n) is 8.22. The van der Waals surface area contributed by atoms with Crippen molar-refractivity contribution in [1.82, 2.24) is 10.3 Å². The SMILES string of the molecule is CCCCCCCCCCCCCc1cc(C2=CC(=NCCCCCCCCCCCC)C(=O)NC2=O)c(=O)[nH]c1O. The van der Waals surface area contributed by atoms with Gasteiger partial charge in [0.2, 0.25) is 0 Å². The van der Waals surface area contributed by atoms with Crippen LogP contribution in [0.5, 0.6) is 5.88 Å². The number of aromatic amines is 1. The van der Waals surface area contributed by atoms with Crippen molar-refractivity contribution in [2.24, 2.45) is 4.99 Å². The summed E-state index contributed by atoms with van der Waals surface area (Å²) in [6, 6.07) is 1.59. The van der Waals surface area contributed by atoms with Crippen LogP contribution in [0.15, 0.2) is 21.9 Å². The van der Waals surface area contributed by atoms with Gasteiger partial charge in [-0.25, -0.2) is 0 Å². The van der Waals surface area contributed by atoms with Gasteiger partial charge >= 0.3 is 0 Å².